The minimum absolute atomic E-state index is 0.140. The minimum atomic E-state index is -0.287. The molecule has 0 radical (unpaired) electrons. The molecule has 0 aliphatic carbocycles. The first-order valence-corrected chi connectivity index (χ1v) is 8.81. The van der Waals surface area contributed by atoms with Crippen molar-refractivity contribution in [2.24, 2.45) is 0 Å². The lowest BCUT2D eigenvalue weighted by atomic mass is 10.4. The van der Waals surface area contributed by atoms with E-state index in [1.165, 1.54) is 35.9 Å². The second-order valence-corrected chi connectivity index (χ2v) is 7.67. The predicted molar refractivity (Wildman–Crippen MR) is 86.5 cm³/mol. The van der Waals surface area contributed by atoms with Crippen LogP contribution in [0.25, 0.3) is 0 Å². The molecule has 1 unspecified atom stereocenters. The van der Waals surface area contributed by atoms with Gasteiger partial charge in [-0.15, -0.1) is 10.2 Å². The van der Waals surface area contributed by atoms with E-state index in [4.69, 9.17) is 4.52 Å². The molecule has 7 nitrogen and oxygen atoms in total. The summed E-state index contributed by atoms with van der Waals surface area (Å²) in [6.07, 6.45) is 2.41. The molecular weight excluding hydrogens is 322 g/mol. The highest BCUT2D eigenvalue weighted by Gasteiger charge is 2.21. The van der Waals surface area contributed by atoms with Crippen LogP contribution in [0.1, 0.15) is 25.5 Å². The summed E-state index contributed by atoms with van der Waals surface area (Å²) in [6, 6.07) is 1.69. The molecule has 1 aliphatic rings. The zero-order valence-electron chi connectivity index (χ0n) is 12.4. The number of carbonyl (C=O) groups excluding carboxylic acids is 1. The van der Waals surface area contributed by atoms with Gasteiger partial charge in [0.15, 0.2) is 4.34 Å². The Morgan fingerprint density at radius 2 is 2.23 bits per heavy atom. The van der Waals surface area contributed by atoms with Gasteiger partial charge >= 0.3 is 0 Å². The van der Waals surface area contributed by atoms with Crippen molar-refractivity contribution in [3.8, 4) is 0 Å². The molecule has 0 bridgehead atoms. The van der Waals surface area contributed by atoms with Gasteiger partial charge in [-0.3, -0.25) is 10.1 Å². The first-order valence-electron chi connectivity index (χ1n) is 7.11. The summed E-state index contributed by atoms with van der Waals surface area (Å²) in [6.45, 7) is 5.72. The Kier molecular flexibility index (Phi) is 4.63. The summed E-state index contributed by atoms with van der Waals surface area (Å²) in [5.74, 6) is 0.226. The van der Waals surface area contributed by atoms with E-state index in [0.717, 1.165) is 28.3 Å². The standard InChI is InChI=1S/C13H17N5O2S2/c1-8-7-10(20-17-8)14-11(19)9(2)21-13-16-15-12(22-13)18-5-3-4-6-18/h7,9H,3-6H2,1-2H3,(H,14,19). The third-order valence-electron chi connectivity index (χ3n) is 3.29. The van der Waals surface area contributed by atoms with Crippen molar-refractivity contribution in [2.45, 2.75) is 36.3 Å². The van der Waals surface area contributed by atoms with Crippen molar-refractivity contribution in [2.75, 3.05) is 23.3 Å². The van der Waals surface area contributed by atoms with Gasteiger partial charge in [-0.05, 0) is 26.7 Å². The summed E-state index contributed by atoms with van der Waals surface area (Å²) in [7, 11) is 0. The van der Waals surface area contributed by atoms with Crippen LogP contribution in [0.2, 0.25) is 0 Å². The highest BCUT2D eigenvalue weighted by atomic mass is 32.2. The number of hydrogen-bond acceptors (Lipinski definition) is 8. The quantitative estimate of drug-likeness (QED) is 0.838. The number of nitrogens with zero attached hydrogens (tertiary/aromatic N) is 4. The van der Waals surface area contributed by atoms with Gasteiger partial charge in [0.2, 0.25) is 16.9 Å². The van der Waals surface area contributed by atoms with Gasteiger partial charge in [0, 0.05) is 19.2 Å². The largest absolute Gasteiger partial charge is 0.347 e. The van der Waals surface area contributed by atoms with Gasteiger partial charge in [0.1, 0.15) is 0 Å². The topological polar surface area (TPSA) is 84.2 Å². The highest BCUT2D eigenvalue weighted by molar-refractivity contribution is 8.02. The van der Waals surface area contributed by atoms with Crippen LogP contribution in [-0.2, 0) is 4.79 Å². The van der Waals surface area contributed by atoms with Crippen LogP contribution in [-0.4, -0.2) is 39.6 Å². The second-order valence-electron chi connectivity index (χ2n) is 5.13. The van der Waals surface area contributed by atoms with Gasteiger partial charge in [0.05, 0.1) is 10.9 Å². The maximum absolute atomic E-state index is 12.1. The maximum atomic E-state index is 12.1. The smallest absolute Gasteiger partial charge is 0.240 e. The normalized spacial score (nSPS) is 16.0. The van der Waals surface area contributed by atoms with Gasteiger partial charge in [0.25, 0.3) is 0 Å². The number of aromatic nitrogens is 3. The number of anilines is 2. The molecule has 2 aromatic rings. The number of rotatable bonds is 5. The molecule has 1 amide bonds. The summed E-state index contributed by atoms with van der Waals surface area (Å²) in [5, 5.41) is 15.5. The summed E-state index contributed by atoms with van der Waals surface area (Å²) < 4.78 is 5.79. The average molecular weight is 339 g/mol. The Morgan fingerprint density at radius 1 is 1.45 bits per heavy atom. The van der Waals surface area contributed by atoms with Crippen molar-refractivity contribution in [3.63, 3.8) is 0 Å². The van der Waals surface area contributed by atoms with Gasteiger partial charge in [-0.2, -0.15) is 0 Å². The fourth-order valence-electron chi connectivity index (χ4n) is 2.14. The first-order chi connectivity index (χ1) is 10.6. The first kappa shape index (κ1) is 15.3. The van der Waals surface area contributed by atoms with Gasteiger partial charge < -0.3 is 9.42 Å². The zero-order chi connectivity index (χ0) is 15.5. The number of carbonyl (C=O) groups is 1. The molecule has 9 heteroatoms. The third-order valence-corrected chi connectivity index (χ3v) is 5.46. The van der Waals surface area contributed by atoms with Crippen molar-refractivity contribution in [1.29, 1.82) is 0 Å². The van der Waals surface area contributed by atoms with Crippen LogP contribution in [0.4, 0.5) is 11.0 Å². The molecule has 1 N–H and O–H groups in total. The minimum Gasteiger partial charge on any atom is -0.347 e. The monoisotopic (exact) mass is 339 g/mol. The average Bonchev–Trinajstić information content (AvgIpc) is 3.20. The highest BCUT2D eigenvalue weighted by Crippen LogP contribution is 2.32. The van der Waals surface area contributed by atoms with Crippen LogP contribution >= 0.6 is 23.1 Å². The molecular formula is C13H17N5O2S2. The van der Waals surface area contributed by atoms with Gasteiger partial charge in [-0.25, -0.2) is 0 Å². The van der Waals surface area contributed by atoms with Crippen molar-refractivity contribution < 1.29 is 9.32 Å². The number of hydrogen-bond donors (Lipinski definition) is 1. The van der Waals surface area contributed by atoms with Crippen molar-refractivity contribution >= 4 is 40.0 Å². The predicted octanol–water partition coefficient (Wildman–Crippen LogP) is 2.55. The van der Waals surface area contributed by atoms with E-state index in [-0.39, 0.29) is 11.2 Å². The Bertz CT molecular complexity index is 650. The van der Waals surface area contributed by atoms with Crippen LogP contribution in [0, 0.1) is 6.92 Å². The SMILES string of the molecule is Cc1cc(NC(=O)C(C)Sc2nnc(N3CCCC3)s2)on1. The number of amides is 1. The van der Waals surface area contributed by atoms with Crippen LogP contribution in [0.5, 0.6) is 0 Å². The molecule has 22 heavy (non-hydrogen) atoms. The number of thioether (sulfide) groups is 1. The molecule has 1 fully saturated rings. The van der Waals surface area contributed by atoms with E-state index in [1.807, 2.05) is 6.92 Å². The number of nitrogens with one attached hydrogen (secondary N) is 1. The Balaban J connectivity index is 1.56. The summed E-state index contributed by atoms with van der Waals surface area (Å²) in [5.41, 5.74) is 0.731. The molecule has 1 atom stereocenters. The van der Waals surface area contributed by atoms with Crippen molar-refractivity contribution in [3.05, 3.63) is 11.8 Å². The Hall–Kier alpha value is -1.61. The van der Waals surface area contributed by atoms with E-state index in [1.54, 1.807) is 13.0 Å². The van der Waals surface area contributed by atoms with E-state index >= 15 is 0 Å². The fraction of sp³-hybridized carbons (Fsp3) is 0.538. The summed E-state index contributed by atoms with van der Waals surface area (Å²) in [4.78, 5) is 14.4. The van der Waals surface area contributed by atoms with E-state index < -0.39 is 0 Å². The molecule has 2 aromatic heterocycles. The van der Waals surface area contributed by atoms with E-state index in [0.29, 0.717) is 5.88 Å². The van der Waals surface area contributed by atoms with Crippen LogP contribution < -0.4 is 10.2 Å². The second kappa shape index (κ2) is 6.66. The lowest BCUT2D eigenvalue weighted by molar-refractivity contribution is -0.115. The molecule has 118 valence electrons. The van der Waals surface area contributed by atoms with E-state index in [9.17, 15) is 4.79 Å². The molecule has 1 aliphatic heterocycles. The van der Waals surface area contributed by atoms with Crippen LogP contribution in [0.3, 0.4) is 0 Å². The molecule has 0 saturated carbocycles. The van der Waals surface area contributed by atoms with Crippen LogP contribution in [0.15, 0.2) is 14.9 Å². The Labute approximate surface area is 136 Å². The molecule has 3 heterocycles. The molecule has 1 saturated heterocycles. The van der Waals surface area contributed by atoms with E-state index in [2.05, 4.69) is 25.6 Å². The molecule has 0 spiro atoms. The lowest BCUT2D eigenvalue weighted by Crippen LogP contribution is -2.22. The number of aryl methyl sites for hydroxylation is 1. The molecule has 3 rings (SSSR count). The molecule has 0 aromatic carbocycles. The van der Waals surface area contributed by atoms with Crippen molar-refractivity contribution in [1.82, 2.24) is 15.4 Å². The van der Waals surface area contributed by atoms with Gasteiger partial charge in [-0.1, -0.05) is 28.3 Å². The Morgan fingerprint density at radius 3 is 2.91 bits per heavy atom. The lowest BCUT2D eigenvalue weighted by Gasteiger charge is -2.11. The fourth-order valence-corrected chi connectivity index (χ4v) is 4.17. The third kappa shape index (κ3) is 3.58. The summed E-state index contributed by atoms with van der Waals surface area (Å²) >= 11 is 2.94. The maximum Gasteiger partial charge on any atom is 0.240 e. The zero-order valence-corrected chi connectivity index (χ0v) is 14.0.